The van der Waals surface area contributed by atoms with E-state index >= 15 is 0 Å². The first kappa shape index (κ1) is 17.1. The average molecular weight is 371 g/mol. The van der Waals surface area contributed by atoms with Crippen LogP contribution in [0.4, 0.5) is 19.3 Å². The molecule has 0 atom stereocenters. The topological polar surface area (TPSA) is 73.0 Å². The van der Waals surface area contributed by atoms with Crippen LogP contribution in [0.2, 0.25) is 0 Å². The molecular formula is C18H15F2N5O2. The van der Waals surface area contributed by atoms with Crippen molar-refractivity contribution in [1.29, 1.82) is 0 Å². The Balaban J connectivity index is 1.77. The number of tetrazole rings is 1. The molecule has 4 rings (SSSR count). The van der Waals surface area contributed by atoms with Crippen LogP contribution in [0.15, 0.2) is 41.2 Å². The fourth-order valence-corrected chi connectivity index (χ4v) is 3.31. The molecule has 1 aromatic heterocycles. The Morgan fingerprint density at radius 2 is 1.78 bits per heavy atom. The first-order valence-electron chi connectivity index (χ1n) is 8.39. The van der Waals surface area contributed by atoms with Gasteiger partial charge < -0.3 is 0 Å². The second kappa shape index (κ2) is 6.42. The number of carbonyl (C=O) groups excluding carboxylic acids is 1. The number of rotatable bonds is 1. The van der Waals surface area contributed by atoms with Gasteiger partial charge in [0.25, 0.3) is 0 Å². The Bertz CT molecular complexity index is 1090. The van der Waals surface area contributed by atoms with E-state index in [2.05, 4.69) is 10.4 Å². The molecule has 2 heterocycles. The van der Waals surface area contributed by atoms with E-state index in [1.807, 2.05) is 19.1 Å². The molecule has 0 aliphatic carbocycles. The molecule has 0 N–H and O–H groups in total. The standard InChI is InChI=1S/C18H15F2N5O2/c1-11-5-2-9-15-12(11)6-4-10-23(15)17(26)25-18(27)24(21-22-25)16-13(19)7-3-8-14(16)20/h2-3,5,7-9H,4,6,10H2,1H3. The van der Waals surface area contributed by atoms with Crippen molar-refractivity contribution in [1.82, 2.24) is 19.8 Å². The largest absolute Gasteiger partial charge is 0.377 e. The maximum absolute atomic E-state index is 14.0. The van der Waals surface area contributed by atoms with Crippen LogP contribution in [-0.4, -0.2) is 32.4 Å². The third-order valence-electron chi connectivity index (χ3n) is 4.63. The van der Waals surface area contributed by atoms with E-state index in [4.69, 9.17) is 0 Å². The van der Waals surface area contributed by atoms with Crippen molar-refractivity contribution in [3.05, 3.63) is 69.6 Å². The van der Waals surface area contributed by atoms with Gasteiger partial charge in [-0.25, -0.2) is 18.4 Å². The van der Waals surface area contributed by atoms with Crippen molar-refractivity contribution >= 4 is 11.7 Å². The summed E-state index contributed by atoms with van der Waals surface area (Å²) < 4.78 is 28.9. The molecule has 0 fully saturated rings. The zero-order valence-corrected chi connectivity index (χ0v) is 14.4. The minimum Gasteiger partial charge on any atom is -0.292 e. The van der Waals surface area contributed by atoms with E-state index in [9.17, 15) is 18.4 Å². The van der Waals surface area contributed by atoms with Crippen LogP contribution in [0.3, 0.4) is 0 Å². The van der Waals surface area contributed by atoms with Gasteiger partial charge in [-0.05, 0) is 59.5 Å². The number of hydrogen-bond donors (Lipinski definition) is 0. The molecule has 0 unspecified atom stereocenters. The lowest BCUT2D eigenvalue weighted by Crippen LogP contribution is -2.43. The van der Waals surface area contributed by atoms with Crippen LogP contribution in [0.5, 0.6) is 0 Å². The summed E-state index contributed by atoms with van der Waals surface area (Å²) in [6, 6.07) is 8.02. The quantitative estimate of drug-likeness (QED) is 0.616. The van der Waals surface area contributed by atoms with Gasteiger partial charge in [-0.3, -0.25) is 4.90 Å². The minimum atomic E-state index is -1.04. The number of halogens is 2. The van der Waals surface area contributed by atoms with Gasteiger partial charge in [-0.15, -0.1) is 4.68 Å². The average Bonchev–Trinajstić information content (AvgIpc) is 3.02. The van der Waals surface area contributed by atoms with Gasteiger partial charge >= 0.3 is 11.7 Å². The van der Waals surface area contributed by atoms with Crippen LogP contribution in [0.25, 0.3) is 5.69 Å². The van der Waals surface area contributed by atoms with Crippen molar-refractivity contribution in [2.75, 3.05) is 11.4 Å². The van der Waals surface area contributed by atoms with Gasteiger partial charge in [-0.1, -0.05) is 18.2 Å². The highest BCUT2D eigenvalue weighted by Crippen LogP contribution is 2.29. The Kier molecular flexibility index (Phi) is 4.06. The predicted octanol–water partition coefficient (Wildman–Crippen LogP) is 2.44. The number of nitrogens with zero attached hydrogens (tertiary/aromatic N) is 5. The van der Waals surface area contributed by atoms with Gasteiger partial charge in [0.05, 0.1) is 0 Å². The lowest BCUT2D eigenvalue weighted by Gasteiger charge is -2.29. The minimum absolute atomic E-state index is 0.405. The summed E-state index contributed by atoms with van der Waals surface area (Å²) in [4.78, 5) is 26.9. The summed E-state index contributed by atoms with van der Waals surface area (Å²) in [7, 11) is 0. The maximum Gasteiger partial charge on any atom is 0.377 e. The number of aryl methyl sites for hydroxylation is 1. The molecule has 27 heavy (non-hydrogen) atoms. The molecule has 138 valence electrons. The number of amides is 1. The van der Waals surface area contributed by atoms with Crippen LogP contribution < -0.4 is 10.6 Å². The lowest BCUT2D eigenvalue weighted by molar-refractivity contribution is 0.243. The number of hydrogen-bond acceptors (Lipinski definition) is 4. The molecule has 0 radical (unpaired) electrons. The number of aromatic nitrogens is 4. The highest BCUT2D eigenvalue weighted by Gasteiger charge is 2.28. The van der Waals surface area contributed by atoms with Crippen molar-refractivity contribution in [3.8, 4) is 5.69 Å². The van der Waals surface area contributed by atoms with E-state index in [0.717, 1.165) is 36.1 Å². The van der Waals surface area contributed by atoms with Crippen molar-refractivity contribution < 1.29 is 13.6 Å². The Hall–Kier alpha value is -3.36. The Morgan fingerprint density at radius 1 is 1.07 bits per heavy atom. The second-order valence-electron chi connectivity index (χ2n) is 6.27. The summed E-state index contributed by atoms with van der Waals surface area (Å²) in [6.45, 7) is 2.36. The van der Waals surface area contributed by atoms with Gasteiger partial charge in [0.1, 0.15) is 5.69 Å². The summed E-state index contributed by atoms with van der Waals surface area (Å²) in [5, 5.41) is 7.02. The molecule has 0 spiro atoms. The van der Waals surface area contributed by atoms with Crippen molar-refractivity contribution in [3.63, 3.8) is 0 Å². The molecule has 2 aromatic carbocycles. The predicted molar refractivity (Wildman–Crippen MR) is 93.2 cm³/mol. The first-order valence-corrected chi connectivity index (χ1v) is 8.39. The number of benzene rings is 2. The fourth-order valence-electron chi connectivity index (χ4n) is 3.31. The summed E-state index contributed by atoms with van der Waals surface area (Å²) in [6.07, 6.45) is 1.56. The number of para-hydroxylation sites is 1. The lowest BCUT2D eigenvalue weighted by atomic mass is 9.97. The van der Waals surface area contributed by atoms with Gasteiger partial charge in [-0.2, -0.15) is 4.68 Å². The SMILES string of the molecule is Cc1cccc2c1CCCN2C(=O)n1nnn(-c2c(F)cccc2F)c1=O. The van der Waals surface area contributed by atoms with E-state index < -0.39 is 29.0 Å². The summed E-state index contributed by atoms with van der Waals surface area (Å²) in [5.41, 5.74) is 1.07. The van der Waals surface area contributed by atoms with E-state index in [-0.39, 0.29) is 0 Å². The normalized spacial score (nSPS) is 13.5. The molecule has 1 aliphatic rings. The zero-order valence-electron chi connectivity index (χ0n) is 14.4. The van der Waals surface area contributed by atoms with Gasteiger partial charge in [0.2, 0.25) is 0 Å². The van der Waals surface area contributed by atoms with Crippen LogP contribution in [0, 0.1) is 18.6 Å². The van der Waals surface area contributed by atoms with Crippen molar-refractivity contribution in [2.45, 2.75) is 19.8 Å². The molecule has 0 bridgehead atoms. The van der Waals surface area contributed by atoms with Gasteiger partial charge in [0, 0.05) is 12.2 Å². The number of fused-ring (bicyclic) bond motifs is 1. The number of carbonyl (C=O) groups is 1. The monoisotopic (exact) mass is 371 g/mol. The van der Waals surface area contributed by atoms with E-state index in [1.54, 1.807) is 6.07 Å². The Labute approximate surface area is 152 Å². The molecule has 1 aliphatic heterocycles. The molecule has 7 nitrogen and oxygen atoms in total. The summed E-state index contributed by atoms with van der Waals surface area (Å²) >= 11 is 0. The molecule has 1 amide bonds. The smallest absolute Gasteiger partial charge is 0.292 e. The zero-order chi connectivity index (χ0) is 19.1. The highest BCUT2D eigenvalue weighted by atomic mass is 19.1. The molecular weight excluding hydrogens is 356 g/mol. The van der Waals surface area contributed by atoms with Gasteiger partial charge in [0.15, 0.2) is 11.6 Å². The maximum atomic E-state index is 14.0. The highest BCUT2D eigenvalue weighted by molar-refractivity contribution is 5.94. The van der Waals surface area contributed by atoms with Crippen molar-refractivity contribution in [2.24, 2.45) is 0 Å². The first-order chi connectivity index (χ1) is 13.0. The number of anilines is 1. The molecule has 0 saturated carbocycles. The molecule has 9 heteroatoms. The van der Waals surface area contributed by atoms with Crippen LogP contribution in [-0.2, 0) is 6.42 Å². The molecule has 3 aromatic rings. The third-order valence-corrected chi connectivity index (χ3v) is 4.63. The Morgan fingerprint density at radius 3 is 2.52 bits per heavy atom. The third kappa shape index (κ3) is 2.71. The summed E-state index contributed by atoms with van der Waals surface area (Å²) in [5.74, 6) is -1.95. The van der Waals surface area contributed by atoms with E-state index in [0.29, 0.717) is 21.6 Å². The van der Waals surface area contributed by atoms with E-state index in [1.165, 1.54) is 11.0 Å². The fraction of sp³-hybridized carbons (Fsp3) is 0.222. The molecule has 0 saturated heterocycles. The van der Waals surface area contributed by atoms with Crippen LogP contribution >= 0.6 is 0 Å². The second-order valence-corrected chi connectivity index (χ2v) is 6.27. The van der Waals surface area contributed by atoms with Crippen LogP contribution in [0.1, 0.15) is 17.5 Å².